The molecular weight excluding hydrogens is 266 g/mol. The van der Waals surface area contributed by atoms with Crippen LogP contribution in [0.4, 0.5) is 0 Å². The highest BCUT2D eigenvalue weighted by Gasteiger charge is 2.13. The van der Waals surface area contributed by atoms with Crippen LogP contribution in [0.3, 0.4) is 0 Å². The summed E-state index contributed by atoms with van der Waals surface area (Å²) in [6.07, 6.45) is 7.04. The standard InChI is InChI=1S/C16H17N3O2/c20-16(18-8-10-21-11-9-18)7-6-14-12-17-19(13-14)15-4-2-1-3-5-15/h1-7,12-13H,8-11H2/b7-6+. The van der Waals surface area contributed by atoms with Gasteiger partial charge >= 0.3 is 0 Å². The topological polar surface area (TPSA) is 47.4 Å². The number of morpholine rings is 1. The van der Waals surface area contributed by atoms with Crippen molar-refractivity contribution in [2.75, 3.05) is 26.3 Å². The smallest absolute Gasteiger partial charge is 0.246 e. The summed E-state index contributed by atoms with van der Waals surface area (Å²) >= 11 is 0. The fourth-order valence-electron chi connectivity index (χ4n) is 2.20. The lowest BCUT2D eigenvalue weighted by Crippen LogP contribution is -2.39. The maximum atomic E-state index is 12.0. The SMILES string of the molecule is O=C(/C=C/c1cnn(-c2ccccc2)c1)N1CCOCC1. The lowest BCUT2D eigenvalue weighted by Gasteiger charge is -2.25. The maximum Gasteiger partial charge on any atom is 0.246 e. The summed E-state index contributed by atoms with van der Waals surface area (Å²) in [6, 6.07) is 9.87. The van der Waals surface area contributed by atoms with E-state index in [0.717, 1.165) is 11.3 Å². The number of ether oxygens (including phenoxy) is 1. The zero-order valence-electron chi connectivity index (χ0n) is 11.7. The molecule has 0 aliphatic carbocycles. The summed E-state index contributed by atoms with van der Waals surface area (Å²) < 4.78 is 7.02. The van der Waals surface area contributed by atoms with Crippen LogP contribution in [0.5, 0.6) is 0 Å². The van der Waals surface area contributed by atoms with E-state index in [1.807, 2.05) is 36.5 Å². The van der Waals surface area contributed by atoms with Crippen molar-refractivity contribution >= 4 is 12.0 Å². The minimum absolute atomic E-state index is 0.0192. The molecule has 1 saturated heterocycles. The first-order valence-corrected chi connectivity index (χ1v) is 6.98. The van der Waals surface area contributed by atoms with Gasteiger partial charge in [0.25, 0.3) is 0 Å². The van der Waals surface area contributed by atoms with Gasteiger partial charge in [-0.05, 0) is 18.2 Å². The van der Waals surface area contributed by atoms with Gasteiger partial charge in [0.2, 0.25) is 5.91 Å². The van der Waals surface area contributed by atoms with Crippen LogP contribution < -0.4 is 0 Å². The fraction of sp³-hybridized carbons (Fsp3) is 0.250. The van der Waals surface area contributed by atoms with Crippen molar-refractivity contribution in [3.05, 3.63) is 54.4 Å². The maximum absolute atomic E-state index is 12.0. The van der Waals surface area contributed by atoms with E-state index < -0.39 is 0 Å². The Morgan fingerprint density at radius 2 is 1.95 bits per heavy atom. The summed E-state index contributed by atoms with van der Waals surface area (Å²) in [6.45, 7) is 2.55. The molecule has 0 atom stereocenters. The highest BCUT2D eigenvalue weighted by atomic mass is 16.5. The predicted molar refractivity (Wildman–Crippen MR) is 80.0 cm³/mol. The Labute approximate surface area is 123 Å². The Balaban J connectivity index is 1.66. The van der Waals surface area contributed by atoms with E-state index in [4.69, 9.17) is 4.74 Å². The van der Waals surface area contributed by atoms with Crippen molar-refractivity contribution in [2.24, 2.45) is 0 Å². The number of carbonyl (C=O) groups is 1. The molecule has 0 radical (unpaired) electrons. The molecule has 0 unspecified atom stereocenters. The van der Waals surface area contributed by atoms with E-state index in [0.29, 0.717) is 26.3 Å². The summed E-state index contributed by atoms with van der Waals surface area (Å²) in [5.41, 5.74) is 1.90. The summed E-state index contributed by atoms with van der Waals surface area (Å²) in [5, 5.41) is 4.30. The Morgan fingerprint density at radius 3 is 2.71 bits per heavy atom. The van der Waals surface area contributed by atoms with Gasteiger partial charge in [-0.15, -0.1) is 0 Å². The molecule has 3 rings (SSSR count). The van der Waals surface area contributed by atoms with Gasteiger partial charge in [0.15, 0.2) is 0 Å². The van der Waals surface area contributed by atoms with Crippen LogP contribution >= 0.6 is 0 Å². The first kappa shape index (κ1) is 13.6. The number of nitrogens with zero attached hydrogens (tertiary/aromatic N) is 3. The molecule has 0 N–H and O–H groups in total. The number of hydrogen-bond donors (Lipinski definition) is 0. The van der Waals surface area contributed by atoms with E-state index >= 15 is 0 Å². The van der Waals surface area contributed by atoms with Gasteiger partial charge in [0.05, 0.1) is 25.1 Å². The molecule has 0 saturated carbocycles. The molecule has 5 nitrogen and oxygen atoms in total. The minimum atomic E-state index is 0.0192. The molecular formula is C16H17N3O2. The Kier molecular flexibility index (Phi) is 4.12. The third kappa shape index (κ3) is 3.38. The first-order chi connectivity index (χ1) is 10.3. The molecule has 1 aliphatic heterocycles. The first-order valence-electron chi connectivity index (χ1n) is 6.98. The van der Waals surface area contributed by atoms with E-state index in [9.17, 15) is 4.79 Å². The third-order valence-corrected chi connectivity index (χ3v) is 3.36. The highest BCUT2D eigenvalue weighted by Crippen LogP contribution is 2.09. The molecule has 21 heavy (non-hydrogen) atoms. The Hall–Kier alpha value is -2.40. The predicted octanol–water partition coefficient (Wildman–Crippen LogP) is 1.74. The van der Waals surface area contributed by atoms with Crippen molar-refractivity contribution in [1.82, 2.24) is 14.7 Å². The van der Waals surface area contributed by atoms with E-state index in [2.05, 4.69) is 5.10 Å². The normalized spacial score (nSPS) is 15.5. The largest absolute Gasteiger partial charge is 0.378 e. The van der Waals surface area contributed by atoms with E-state index in [-0.39, 0.29) is 5.91 Å². The number of rotatable bonds is 3. The second-order valence-corrected chi connectivity index (χ2v) is 4.82. The molecule has 1 fully saturated rings. The van der Waals surface area contributed by atoms with Crippen molar-refractivity contribution in [3.8, 4) is 5.69 Å². The van der Waals surface area contributed by atoms with Gasteiger partial charge in [-0.2, -0.15) is 5.10 Å². The second-order valence-electron chi connectivity index (χ2n) is 4.82. The van der Waals surface area contributed by atoms with Crippen molar-refractivity contribution in [3.63, 3.8) is 0 Å². The fourth-order valence-corrected chi connectivity index (χ4v) is 2.20. The molecule has 1 aliphatic rings. The van der Waals surface area contributed by atoms with Crippen LogP contribution in [0.2, 0.25) is 0 Å². The number of para-hydroxylation sites is 1. The molecule has 2 aromatic rings. The zero-order valence-corrected chi connectivity index (χ0v) is 11.7. The summed E-state index contributed by atoms with van der Waals surface area (Å²) in [5.74, 6) is 0.0192. The summed E-state index contributed by atoms with van der Waals surface area (Å²) in [7, 11) is 0. The molecule has 108 valence electrons. The van der Waals surface area contributed by atoms with Crippen molar-refractivity contribution in [1.29, 1.82) is 0 Å². The average molecular weight is 283 g/mol. The van der Waals surface area contributed by atoms with Gasteiger partial charge in [-0.25, -0.2) is 4.68 Å². The van der Waals surface area contributed by atoms with E-state index in [1.54, 1.807) is 27.9 Å². The Bertz CT molecular complexity index is 628. The van der Waals surface area contributed by atoms with Crippen LogP contribution in [0.1, 0.15) is 5.56 Å². The van der Waals surface area contributed by atoms with Gasteiger partial charge in [0.1, 0.15) is 0 Å². The zero-order chi connectivity index (χ0) is 14.5. The van der Waals surface area contributed by atoms with Crippen LogP contribution in [0.25, 0.3) is 11.8 Å². The van der Waals surface area contributed by atoms with Crippen LogP contribution in [0, 0.1) is 0 Å². The molecule has 5 heteroatoms. The van der Waals surface area contributed by atoms with Gasteiger partial charge in [-0.3, -0.25) is 4.79 Å². The molecule has 0 spiro atoms. The molecule has 1 amide bonds. The summed E-state index contributed by atoms with van der Waals surface area (Å²) in [4.78, 5) is 13.8. The highest BCUT2D eigenvalue weighted by molar-refractivity contribution is 5.91. The third-order valence-electron chi connectivity index (χ3n) is 3.36. The quantitative estimate of drug-likeness (QED) is 0.806. The molecule has 1 aromatic carbocycles. The monoisotopic (exact) mass is 283 g/mol. The number of benzene rings is 1. The average Bonchev–Trinajstić information content (AvgIpc) is 3.03. The molecule has 2 heterocycles. The number of aromatic nitrogens is 2. The molecule has 0 bridgehead atoms. The van der Waals surface area contributed by atoms with E-state index in [1.165, 1.54) is 0 Å². The lowest BCUT2D eigenvalue weighted by molar-refractivity contribution is -0.129. The van der Waals surface area contributed by atoms with Crippen LogP contribution in [0.15, 0.2) is 48.8 Å². The van der Waals surface area contributed by atoms with Gasteiger partial charge < -0.3 is 9.64 Å². The Morgan fingerprint density at radius 1 is 1.19 bits per heavy atom. The van der Waals surface area contributed by atoms with Crippen LogP contribution in [-0.4, -0.2) is 46.9 Å². The number of amides is 1. The van der Waals surface area contributed by atoms with Crippen molar-refractivity contribution in [2.45, 2.75) is 0 Å². The second kappa shape index (κ2) is 6.37. The molecule has 1 aromatic heterocycles. The minimum Gasteiger partial charge on any atom is -0.378 e. The van der Waals surface area contributed by atoms with Crippen molar-refractivity contribution < 1.29 is 9.53 Å². The lowest BCUT2D eigenvalue weighted by atomic mass is 10.3. The van der Waals surface area contributed by atoms with Gasteiger partial charge in [0, 0.05) is 30.9 Å². The van der Waals surface area contributed by atoms with Gasteiger partial charge in [-0.1, -0.05) is 18.2 Å². The van der Waals surface area contributed by atoms with Crippen LogP contribution in [-0.2, 0) is 9.53 Å². The number of carbonyl (C=O) groups excluding carboxylic acids is 1. The number of hydrogen-bond acceptors (Lipinski definition) is 3.